The molecule has 2 atom stereocenters. The molecule has 0 unspecified atom stereocenters. The fourth-order valence-corrected chi connectivity index (χ4v) is 2.69. The monoisotopic (exact) mass is 290 g/mol. The maximum atomic E-state index is 12.3. The Bertz CT molecular complexity index is 490. The quantitative estimate of drug-likeness (QED) is 0.821. The van der Waals surface area contributed by atoms with E-state index in [9.17, 15) is 9.59 Å². The van der Waals surface area contributed by atoms with Gasteiger partial charge in [-0.1, -0.05) is 30.3 Å². The van der Waals surface area contributed by atoms with Crippen LogP contribution in [0.5, 0.6) is 0 Å². The molecule has 1 aromatic rings. The molecule has 0 aliphatic carbocycles. The van der Waals surface area contributed by atoms with Crippen LogP contribution in [0.4, 0.5) is 0 Å². The Hall–Kier alpha value is -1.88. The fraction of sp³-hybridized carbons (Fsp3) is 0.500. The number of benzene rings is 1. The number of hydrogen-bond donors (Lipinski definition) is 1. The third-order valence-corrected chi connectivity index (χ3v) is 3.91. The topological polar surface area (TPSA) is 58.6 Å². The fourth-order valence-electron chi connectivity index (χ4n) is 2.69. The molecule has 0 bridgehead atoms. The van der Waals surface area contributed by atoms with Crippen LogP contribution in [0.3, 0.4) is 0 Å². The van der Waals surface area contributed by atoms with Gasteiger partial charge in [0.2, 0.25) is 5.91 Å². The predicted molar refractivity (Wildman–Crippen MR) is 79.7 cm³/mol. The number of amides is 1. The zero-order chi connectivity index (χ0) is 15.2. The number of rotatable bonds is 5. The number of likely N-dealkylation sites (tertiary alicyclic amines) is 1. The van der Waals surface area contributed by atoms with Gasteiger partial charge in [-0.25, -0.2) is 4.79 Å². The van der Waals surface area contributed by atoms with E-state index in [2.05, 4.69) is 5.32 Å². The average molecular weight is 290 g/mol. The van der Waals surface area contributed by atoms with E-state index in [0.29, 0.717) is 6.42 Å². The van der Waals surface area contributed by atoms with Crippen LogP contribution < -0.4 is 5.32 Å². The van der Waals surface area contributed by atoms with Crippen LogP contribution in [0, 0.1) is 0 Å². The Balaban J connectivity index is 2.02. The minimum atomic E-state index is -0.640. The molecular formula is C16H22N2O3. The highest BCUT2D eigenvalue weighted by molar-refractivity contribution is 5.87. The molecule has 1 aromatic carbocycles. The molecule has 0 radical (unpaired) electrons. The highest BCUT2D eigenvalue weighted by Crippen LogP contribution is 2.15. The summed E-state index contributed by atoms with van der Waals surface area (Å²) in [5.41, 5.74) is 0.993. The van der Waals surface area contributed by atoms with Crippen molar-refractivity contribution in [2.75, 3.05) is 20.7 Å². The summed E-state index contributed by atoms with van der Waals surface area (Å²) in [7, 11) is 3.27. The molecule has 1 aliphatic rings. The van der Waals surface area contributed by atoms with Gasteiger partial charge in [0, 0.05) is 6.42 Å². The molecule has 5 heteroatoms. The molecule has 1 heterocycles. The Morgan fingerprint density at radius 2 is 2.10 bits per heavy atom. The predicted octanol–water partition coefficient (Wildman–Crippen LogP) is 0.981. The first kappa shape index (κ1) is 15.5. The zero-order valence-corrected chi connectivity index (χ0v) is 12.5. The molecule has 1 saturated heterocycles. The van der Waals surface area contributed by atoms with E-state index in [0.717, 1.165) is 24.9 Å². The summed E-state index contributed by atoms with van der Waals surface area (Å²) >= 11 is 0. The standard InChI is InChI=1S/C16H22N2O3/c1-18-10-6-9-14(18)15(19)17-13(16(20)21-2)11-12-7-4-3-5-8-12/h3-5,7-8,13-14H,6,9-11H2,1-2H3,(H,17,19)/t13-,14-/m0/s1. The van der Waals surface area contributed by atoms with E-state index in [1.165, 1.54) is 7.11 Å². The summed E-state index contributed by atoms with van der Waals surface area (Å²) in [4.78, 5) is 26.2. The molecule has 0 aromatic heterocycles. The maximum Gasteiger partial charge on any atom is 0.328 e. The summed E-state index contributed by atoms with van der Waals surface area (Å²) in [6, 6.07) is 8.83. The lowest BCUT2D eigenvalue weighted by molar-refractivity contribution is -0.145. The van der Waals surface area contributed by atoms with Crippen molar-refractivity contribution in [3.8, 4) is 0 Å². The summed E-state index contributed by atoms with van der Waals surface area (Å²) in [5, 5.41) is 2.83. The lowest BCUT2D eigenvalue weighted by Gasteiger charge is -2.22. The number of nitrogens with one attached hydrogen (secondary N) is 1. The first-order valence-corrected chi connectivity index (χ1v) is 7.24. The second-order valence-corrected chi connectivity index (χ2v) is 5.41. The van der Waals surface area contributed by atoms with Gasteiger partial charge < -0.3 is 10.1 Å². The van der Waals surface area contributed by atoms with Crippen LogP contribution in [0.2, 0.25) is 0 Å². The van der Waals surface area contributed by atoms with Gasteiger partial charge in [-0.3, -0.25) is 9.69 Å². The Kier molecular flexibility index (Phi) is 5.33. The van der Waals surface area contributed by atoms with Gasteiger partial charge in [0.25, 0.3) is 0 Å². The van der Waals surface area contributed by atoms with E-state index in [4.69, 9.17) is 4.74 Å². The number of carbonyl (C=O) groups excluding carboxylic acids is 2. The van der Waals surface area contributed by atoms with Gasteiger partial charge in [0.05, 0.1) is 13.2 Å². The van der Waals surface area contributed by atoms with Crippen LogP contribution >= 0.6 is 0 Å². The van der Waals surface area contributed by atoms with E-state index >= 15 is 0 Å². The van der Waals surface area contributed by atoms with Crippen LogP contribution in [0.15, 0.2) is 30.3 Å². The van der Waals surface area contributed by atoms with Gasteiger partial charge in [-0.15, -0.1) is 0 Å². The molecule has 1 amide bonds. The van der Waals surface area contributed by atoms with Crippen LogP contribution in [-0.4, -0.2) is 49.6 Å². The van der Waals surface area contributed by atoms with Gasteiger partial charge >= 0.3 is 5.97 Å². The summed E-state index contributed by atoms with van der Waals surface area (Å²) < 4.78 is 4.81. The number of nitrogens with zero attached hydrogens (tertiary/aromatic N) is 1. The first-order chi connectivity index (χ1) is 10.1. The van der Waals surface area contributed by atoms with Crippen molar-refractivity contribution in [2.24, 2.45) is 0 Å². The molecule has 1 N–H and O–H groups in total. The van der Waals surface area contributed by atoms with E-state index in [1.807, 2.05) is 42.3 Å². The van der Waals surface area contributed by atoms with Crippen molar-refractivity contribution in [2.45, 2.75) is 31.3 Å². The molecule has 1 fully saturated rings. The number of hydrogen-bond acceptors (Lipinski definition) is 4. The summed E-state index contributed by atoms with van der Waals surface area (Å²) in [5.74, 6) is -0.505. The third kappa shape index (κ3) is 4.04. The minimum absolute atomic E-state index is 0.0960. The molecular weight excluding hydrogens is 268 g/mol. The van der Waals surface area contributed by atoms with Gasteiger partial charge in [-0.2, -0.15) is 0 Å². The Morgan fingerprint density at radius 3 is 2.67 bits per heavy atom. The number of ether oxygens (including phenoxy) is 1. The summed E-state index contributed by atoms with van der Waals surface area (Å²) in [6.07, 6.45) is 2.29. The number of esters is 1. The SMILES string of the molecule is COC(=O)[C@H](Cc1ccccc1)NC(=O)[C@@H]1CCCN1C. The molecule has 0 saturated carbocycles. The second kappa shape index (κ2) is 7.22. The first-order valence-electron chi connectivity index (χ1n) is 7.24. The van der Waals surface area contributed by atoms with Crippen molar-refractivity contribution in [3.63, 3.8) is 0 Å². The van der Waals surface area contributed by atoms with Crippen LogP contribution in [0.1, 0.15) is 18.4 Å². The minimum Gasteiger partial charge on any atom is -0.467 e. The molecule has 1 aliphatic heterocycles. The van der Waals surface area contributed by atoms with Gasteiger partial charge in [-0.05, 0) is 32.0 Å². The second-order valence-electron chi connectivity index (χ2n) is 5.41. The summed E-state index contributed by atoms with van der Waals surface area (Å²) in [6.45, 7) is 0.916. The van der Waals surface area contributed by atoms with Gasteiger partial charge in [0.1, 0.15) is 6.04 Å². The van der Waals surface area contributed by atoms with Crippen LogP contribution in [-0.2, 0) is 20.7 Å². The number of methoxy groups -OCH3 is 1. The smallest absolute Gasteiger partial charge is 0.328 e. The number of carbonyl (C=O) groups is 2. The Labute approximate surface area is 125 Å². The maximum absolute atomic E-state index is 12.3. The zero-order valence-electron chi connectivity index (χ0n) is 12.5. The van der Waals surface area contributed by atoms with Crippen molar-refractivity contribution >= 4 is 11.9 Å². The molecule has 0 spiro atoms. The van der Waals surface area contributed by atoms with Gasteiger partial charge in [0.15, 0.2) is 0 Å². The number of likely N-dealkylation sites (N-methyl/N-ethyl adjacent to an activating group) is 1. The molecule has 114 valence electrons. The molecule has 21 heavy (non-hydrogen) atoms. The molecule has 5 nitrogen and oxygen atoms in total. The third-order valence-electron chi connectivity index (χ3n) is 3.91. The van der Waals surface area contributed by atoms with E-state index < -0.39 is 12.0 Å². The largest absolute Gasteiger partial charge is 0.467 e. The highest BCUT2D eigenvalue weighted by atomic mass is 16.5. The molecule has 2 rings (SSSR count). The normalized spacial score (nSPS) is 20.0. The lowest BCUT2D eigenvalue weighted by Crippen LogP contribution is -2.49. The highest BCUT2D eigenvalue weighted by Gasteiger charge is 2.31. The van der Waals surface area contributed by atoms with Crippen LogP contribution in [0.25, 0.3) is 0 Å². The average Bonchev–Trinajstić information content (AvgIpc) is 2.93. The van der Waals surface area contributed by atoms with Crippen molar-refractivity contribution < 1.29 is 14.3 Å². The Morgan fingerprint density at radius 1 is 1.38 bits per heavy atom. The lowest BCUT2D eigenvalue weighted by atomic mass is 10.1. The van der Waals surface area contributed by atoms with Crippen molar-refractivity contribution in [1.29, 1.82) is 0 Å². The van der Waals surface area contributed by atoms with Crippen molar-refractivity contribution in [3.05, 3.63) is 35.9 Å². The van der Waals surface area contributed by atoms with Crippen molar-refractivity contribution in [1.82, 2.24) is 10.2 Å². The van der Waals surface area contributed by atoms with E-state index in [1.54, 1.807) is 0 Å². The van der Waals surface area contributed by atoms with E-state index in [-0.39, 0.29) is 11.9 Å².